The highest BCUT2D eigenvalue weighted by atomic mass is 79.9. The van der Waals surface area contributed by atoms with Crippen LogP contribution in [0.25, 0.3) is 0 Å². The van der Waals surface area contributed by atoms with E-state index < -0.39 is 0 Å². The number of nitrogens with zero attached hydrogens (tertiary/aromatic N) is 1. The Morgan fingerprint density at radius 1 is 1.32 bits per heavy atom. The van der Waals surface area contributed by atoms with Crippen LogP contribution in [0.2, 0.25) is 0 Å². The third kappa shape index (κ3) is 4.15. The van der Waals surface area contributed by atoms with E-state index in [1.54, 1.807) is 0 Å². The average Bonchev–Trinajstić information content (AvgIpc) is 2.46. The van der Waals surface area contributed by atoms with Gasteiger partial charge in [-0.1, -0.05) is 47.5 Å². The molecule has 0 atom stereocenters. The van der Waals surface area contributed by atoms with Crippen molar-refractivity contribution < 1.29 is 4.79 Å². The van der Waals surface area contributed by atoms with Gasteiger partial charge >= 0.3 is 0 Å². The summed E-state index contributed by atoms with van der Waals surface area (Å²) in [6.45, 7) is 5.48. The summed E-state index contributed by atoms with van der Waals surface area (Å²) in [4.78, 5) is 14.6. The molecule has 0 spiro atoms. The number of likely N-dealkylation sites (tertiary alicyclic amines) is 1. The van der Waals surface area contributed by atoms with Gasteiger partial charge in [0.1, 0.15) is 0 Å². The number of hydrogen-bond acceptors (Lipinski definition) is 2. The lowest BCUT2D eigenvalue weighted by atomic mass is 9.94. The first-order chi connectivity index (χ1) is 9.20. The van der Waals surface area contributed by atoms with E-state index in [2.05, 4.69) is 27.8 Å². The van der Waals surface area contributed by atoms with Crippen molar-refractivity contribution in [1.29, 1.82) is 0 Å². The summed E-state index contributed by atoms with van der Waals surface area (Å²) in [5.41, 5.74) is 0.811. The molecule has 0 amide bonds. The van der Waals surface area contributed by atoms with Crippen molar-refractivity contribution in [1.82, 2.24) is 4.90 Å². The Labute approximate surface area is 124 Å². The third-order valence-corrected chi connectivity index (χ3v) is 4.81. The highest BCUT2D eigenvalue weighted by Gasteiger charge is 2.18. The van der Waals surface area contributed by atoms with Gasteiger partial charge < -0.3 is 4.90 Å². The molecule has 2 nitrogen and oxygen atoms in total. The third-order valence-electron chi connectivity index (χ3n) is 4.11. The summed E-state index contributed by atoms with van der Waals surface area (Å²) in [5, 5.41) is 0. The van der Waals surface area contributed by atoms with Gasteiger partial charge in [0.15, 0.2) is 5.78 Å². The SMILES string of the molecule is CCC1CCN(CCC(=O)c2ccccc2Br)CC1. The molecule has 0 aliphatic carbocycles. The highest BCUT2D eigenvalue weighted by molar-refractivity contribution is 9.10. The van der Waals surface area contributed by atoms with Gasteiger partial charge in [0.2, 0.25) is 0 Å². The summed E-state index contributed by atoms with van der Waals surface area (Å²) in [6.07, 6.45) is 4.50. The molecule has 0 aromatic heterocycles. The maximum atomic E-state index is 12.2. The summed E-state index contributed by atoms with van der Waals surface area (Å²) in [7, 11) is 0. The lowest BCUT2D eigenvalue weighted by molar-refractivity contribution is 0.0950. The van der Waals surface area contributed by atoms with Gasteiger partial charge in [-0.3, -0.25) is 4.79 Å². The first-order valence-corrected chi connectivity index (χ1v) is 8.00. The molecule has 1 heterocycles. The smallest absolute Gasteiger partial charge is 0.165 e. The maximum absolute atomic E-state index is 12.2. The van der Waals surface area contributed by atoms with E-state index in [9.17, 15) is 4.79 Å². The average molecular weight is 324 g/mol. The minimum atomic E-state index is 0.241. The van der Waals surface area contributed by atoms with E-state index in [1.165, 1.54) is 19.3 Å². The number of piperidine rings is 1. The van der Waals surface area contributed by atoms with Crippen molar-refractivity contribution >= 4 is 21.7 Å². The zero-order chi connectivity index (χ0) is 13.7. The van der Waals surface area contributed by atoms with Crippen LogP contribution in [0, 0.1) is 5.92 Å². The Balaban J connectivity index is 1.80. The zero-order valence-electron chi connectivity index (χ0n) is 11.6. The Morgan fingerprint density at radius 2 is 2.00 bits per heavy atom. The van der Waals surface area contributed by atoms with Crippen LogP contribution < -0.4 is 0 Å². The van der Waals surface area contributed by atoms with Gasteiger partial charge in [0, 0.05) is 23.0 Å². The van der Waals surface area contributed by atoms with Crippen LogP contribution in [0.15, 0.2) is 28.7 Å². The molecule has 0 bridgehead atoms. The van der Waals surface area contributed by atoms with Crippen LogP contribution in [0.1, 0.15) is 43.0 Å². The molecule has 0 N–H and O–H groups in total. The second-order valence-corrected chi connectivity index (χ2v) is 6.20. The monoisotopic (exact) mass is 323 g/mol. The van der Waals surface area contributed by atoms with Crippen molar-refractivity contribution in [3.05, 3.63) is 34.3 Å². The Kier molecular flexibility index (Phi) is 5.59. The van der Waals surface area contributed by atoms with Gasteiger partial charge in [-0.15, -0.1) is 0 Å². The Hall–Kier alpha value is -0.670. The highest BCUT2D eigenvalue weighted by Crippen LogP contribution is 2.21. The molecular formula is C16H22BrNO. The predicted octanol–water partition coefficient (Wildman–Crippen LogP) is 4.14. The van der Waals surface area contributed by atoms with Gasteiger partial charge in [0.25, 0.3) is 0 Å². The maximum Gasteiger partial charge on any atom is 0.165 e. The van der Waals surface area contributed by atoms with E-state index >= 15 is 0 Å². The van der Waals surface area contributed by atoms with Crippen molar-refractivity contribution in [2.45, 2.75) is 32.6 Å². The summed E-state index contributed by atoms with van der Waals surface area (Å²) in [5.74, 6) is 1.14. The van der Waals surface area contributed by atoms with Crippen LogP contribution in [0.3, 0.4) is 0 Å². The second kappa shape index (κ2) is 7.20. The molecule has 1 fully saturated rings. The van der Waals surface area contributed by atoms with Crippen LogP contribution in [0.5, 0.6) is 0 Å². The summed E-state index contributed by atoms with van der Waals surface area (Å²) < 4.78 is 0.907. The van der Waals surface area contributed by atoms with E-state index in [1.807, 2.05) is 24.3 Å². The van der Waals surface area contributed by atoms with Crippen molar-refractivity contribution in [3.8, 4) is 0 Å². The van der Waals surface area contributed by atoms with Crippen LogP contribution in [-0.2, 0) is 0 Å². The van der Waals surface area contributed by atoms with Crippen LogP contribution in [0.4, 0.5) is 0 Å². The van der Waals surface area contributed by atoms with Gasteiger partial charge in [0.05, 0.1) is 0 Å². The van der Waals surface area contributed by atoms with Gasteiger partial charge in [-0.05, 0) is 37.9 Å². The van der Waals surface area contributed by atoms with Crippen LogP contribution >= 0.6 is 15.9 Å². The molecule has 19 heavy (non-hydrogen) atoms. The largest absolute Gasteiger partial charge is 0.303 e. The minimum Gasteiger partial charge on any atom is -0.303 e. The number of ketones is 1. The first kappa shape index (κ1) is 14.7. The molecule has 0 unspecified atom stereocenters. The molecule has 1 aliphatic heterocycles. The predicted molar refractivity (Wildman–Crippen MR) is 82.5 cm³/mol. The number of rotatable bonds is 5. The van der Waals surface area contributed by atoms with Crippen LogP contribution in [-0.4, -0.2) is 30.3 Å². The number of hydrogen-bond donors (Lipinski definition) is 0. The number of carbonyl (C=O) groups excluding carboxylic acids is 1. The topological polar surface area (TPSA) is 20.3 Å². The normalized spacial score (nSPS) is 17.6. The quantitative estimate of drug-likeness (QED) is 0.759. The van der Waals surface area contributed by atoms with Crippen molar-refractivity contribution in [3.63, 3.8) is 0 Å². The van der Waals surface area contributed by atoms with Crippen molar-refractivity contribution in [2.75, 3.05) is 19.6 Å². The fourth-order valence-electron chi connectivity index (χ4n) is 2.70. The molecule has 0 saturated carbocycles. The molecule has 1 aromatic rings. The summed E-state index contributed by atoms with van der Waals surface area (Å²) in [6, 6.07) is 7.69. The number of Topliss-reactive ketones (excluding diaryl/α,β-unsaturated/α-hetero) is 1. The molecular weight excluding hydrogens is 302 g/mol. The van der Waals surface area contributed by atoms with E-state index in [0.717, 1.165) is 35.6 Å². The minimum absolute atomic E-state index is 0.241. The molecule has 104 valence electrons. The second-order valence-electron chi connectivity index (χ2n) is 5.35. The number of halogens is 1. The Bertz CT molecular complexity index is 425. The first-order valence-electron chi connectivity index (χ1n) is 7.20. The number of benzene rings is 1. The van der Waals surface area contributed by atoms with E-state index in [0.29, 0.717) is 6.42 Å². The molecule has 0 radical (unpaired) electrons. The van der Waals surface area contributed by atoms with E-state index in [4.69, 9.17) is 0 Å². The fourth-order valence-corrected chi connectivity index (χ4v) is 3.21. The molecule has 1 saturated heterocycles. The zero-order valence-corrected chi connectivity index (χ0v) is 13.2. The molecule has 3 heteroatoms. The molecule has 2 rings (SSSR count). The molecule has 1 aromatic carbocycles. The standard InChI is InChI=1S/C16H22BrNO/c1-2-13-7-10-18(11-8-13)12-9-16(19)14-5-3-4-6-15(14)17/h3-6,13H,2,7-12H2,1H3. The van der Waals surface area contributed by atoms with E-state index in [-0.39, 0.29) is 5.78 Å². The number of carbonyl (C=O) groups is 1. The molecule has 1 aliphatic rings. The lowest BCUT2D eigenvalue weighted by Gasteiger charge is -2.31. The van der Waals surface area contributed by atoms with Gasteiger partial charge in [-0.25, -0.2) is 0 Å². The van der Waals surface area contributed by atoms with Gasteiger partial charge in [-0.2, -0.15) is 0 Å². The fraction of sp³-hybridized carbons (Fsp3) is 0.562. The summed E-state index contributed by atoms with van der Waals surface area (Å²) >= 11 is 3.45. The lowest BCUT2D eigenvalue weighted by Crippen LogP contribution is -2.35. The Morgan fingerprint density at radius 3 is 2.63 bits per heavy atom. The van der Waals surface area contributed by atoms with Crippen molar-refractivity contribution in [2.24, 2.45) is 5.92 Å².